The van der Waals surface area contributed by atoms with Crippen molar-refractivity contribution in [3.8, 4) is 0 Å². The summed E-state index contributed by atoms with van der Waals surface area (Å²) >= 11 is 2.36. The minimum atomic E-state index is -0.153. The molecular weight excluding hydrogens is 373 g/mol. The Morgan fingerprint density at radius 1 is 1.10 bits per heavy atom. The lowest BCUT2D eigenvalue weighted by Gasteiger charge is -2.49. The van der Waals surface area contributed by atoms with Gasteiger partial charge in [-0.1, -0.05) is 12.8 Å². The van der Waals surface area contributed by atoms with E-state index in [1.807, 2.05) is 0 Å². The molecular formula is C17H26IN3. The predicted molar refractivity (Wildman–Crippen MR) is 97.5 cm³/mol. The Balaban J connectivity index is 1.74. The molecule has 1 aromatic carbocycles. The smallest absolute Gasteiger partial charge is 0.0367 e. The Kier molecular flexibility index (Phi) is 4.76. The maximum Gasteiger partial charge on any atom is 0.0367 e. The average molecular weight is 399 g/mol. The van der Waals surface area contributed by atoms with Crippen LogP contribution in [0.2, 0.25) is 0 Å². The summed E-state index contributed by atoms with van der Waals surface area (Å²) in [4.78, 5) is 2.50. The molecule has 3 nitrogen and oxygen atoms in total. The first-order chi connectivity index (χ1) is 10.1. The minimum Gasteiger partial charge on any atom is -0.371 e. The van der Waals surface area contributed by atoms with Crippen LogP contribution in [0.5, 0.6) is 0 Å². The average Bonchev–Trinajstić information content (AvgIpc) is 2.51. The molecule has 2 unspecified atom stereocenters. The van der Waals surface area contributed by atoms with Crippen LogP contribution in [0.1, 0.15) is 38.5 Å². The molecule has 0 spiro atoms. The molecule has 1 saturated carbocycles. The number of nitrogens with zero attached hydrogens (tertiary/aromatic N) is 1. The quantitative estimate of drug-likeness (QED) is 0.752. The summed E-state index contributed by atoms with van der Waals surface area (Å²) in [6.45, 7) is 2.20. The molecule has 1 aliphatic heterocycles. The molecule has 1 aliphatic carbocycles. The second-order valence-electron chi connectivity index (χ2n) is 6.73. The Morgan fingerprint density at radius 3 is 2.57 bits per heavy atom. The molecule has 0 radical (unpaired) electrons. The van der Waals surface area contributed by atoms with Crippen LogP contribution in [-0.2, 0) is 0 Å². The lowest BCUT2D eigenvalue weighted by Crippen LogP contribution is -2.64. The van der Waals surface area contributed by atoms with Crippen molar-refractivity contribution in [2.75, 3.05) is 18.0 Å². The van der Waals surface area contributed by atoms with Crippen LogP contribution in [0.3, 0.4) is 0 Å². The van der Waals surface area contributed by atoms with Gasteiger partial charge in [0.05, 0.1) is 0 Å². The van der Waals surface area contributed by atoms with E-state index in [1.165, 1.54) is 34.9 Å². The van der Waals surface area contributed by atoms with Gasteiger partial charge < -0.3 is 16.4 Å². The van der Waals surface area contributed by atoms with E-state index in [9.17, 15) is 0 Å². The van der Waals surface area contributed by atoms with Gasteiger partial charge in [0.15, 0.2) is 0 Å². The fourth-order valence-corrected chi connectivity index (χ4v) is 4.42. The molecule has 0 aromatic heterocycles. The molecule has 1 saturated heterocycles. The van der Waals surface area contributed by atoms with Crippen LogP contribution >= 0.6 is 22.6 Å². The number of nitrogens with two attached hydrogens (primary N) is 2. The van der Waals surface area contributed by atoms with Crippen molar-refractivity contribution in [1.29, 1.82) is 0 Å². The molecule has 116 valence electrons. The van der Waals surface area contributed by atoms with Crippen molar-refractivity contribution in [3.63, 3.8) is 0 Å². The third-order valence-electron chi connectivity index (χ3n) is 5.44. The van der Waals surface area contributed by atoms with Crippen LogP contribution in [0.4, 0.5) is 5.69 Å². The molecule has 1 aromatic rings. The molecule has 4 heteroatoms. The highest BCUT2D eigenvalue weighted by molar-refractivity contribution is 14.1. The lowest BCUT2D eigenvalue weighted by molar-refractivity contribution is 0.148. The standard InChI is InChI=1S/C17H26IN3/c18-14-6-8-15(9-7-14)21-11-3-4-13(12-21)17(20)10-2-1-5-16(17)19/h6-9,13,16H,1-5,10-12,19-20H2/t13?,16?,17-/m0/s1. The van der Waals surface area contributed by atoms with E-state index in [0.717, 1.165) is 25.9 Å². The van der Waals surface area contributed by atoms with E-state index in [2.05, 4.69) is 51.8 Å². The van der Waals surface area contributed by atoms with E-state index in [-0.39, 0.29) is 11.6 Å². The number of piperidine rings is 1. The van der Waals surface area contributed by atoms with E-state index < -0.39 is 0 Å². The molecule has 1 heterocycles. The summed E-state index contributed by atoms with van der Waals surface area (Å²) in [7, 11) is 0. The number of hydrogen-bond acceptors (Lipinski definition) is 3. The molecule has 0 bridgehead atoms. The number of hydrogen-bond donors (Lipinski definition) is 2. The highest BCUT2D eigenvalue weighted by Crippen LogP contribution is 2.37. The van der Waals surface area contributed by atoms with Crippen LogP contribution in [-0.4, -0.2) is 24.7 Å². The zero-order valence-corrected chi connectivity index (χ0v) is 14.8. The van der Waals surface area contributed by atoms with Gasteiger partial charge in [0.1, 0.15) is 0 Å². The van der Waals surface area contributed by atoms with Crippen LogP contribution in [0.25, 0.3) is 0 Å². The van der Waals surface area contributed by atoms with Gasteiger partial charge in [0, 0.05) is 33.9 Å². The van der Waals surface area contributed by atoms with Crippen LogP contribution in [0, 0.1) is 9.49 Å². The fourth-order valence-electron chi connectivity index (χ4n) is 4.06. The van der Waals surface area contributed by atoms with Gasteiger partial charge in [-0.05, 0) is 78.5 Å². The molecule has 4 N–H and O–H groups in total. The summed E-state index contributed by atoms with van der Waals surface area (Å²) in [6, 6.07) is 9.00. The molecule has 3 atom stereocenters. The lowest BCUT2D eigenvalue weighted by atomic mass is 9.68. The Morgan fingerprint density at radius 2 is 1.86 bits per heavy atom. The zero-order chi connectivity index (χ0) is 14.9. The molecule has 3 rings (SSSR count). The predicted octanol–water partition coefficient (Wildman–Crippen LogP) is 3.11. The second kappa shape index (κ2) is 6.42. The summed E-state index contributed by atoms with van der Waals surface area (Å²) in [6.07, 6.45) is 7.13. The first-order valence-corrected chi connectivity index (χ1v) is 9.22. The molecule has 2 fully saturated rings. The van der Waals surface area contributed by atoms with Crippen LogP contribution < -0.4 is 16.4 Å². The van der Waals surface area contributed by atoms with Crippen molar-refractivity contribution >= 4 is 28.3 Å². The number of halogens is 1. The summed E-state index contributed by atoms with van der Waals surface area (Å²) in [5.74, 6) is 0.529. The van der Waals surface area contributed by atoms with Gasteiger partial charge in [-0.2, -0.15) is 0 Å². The summed E-state index contributed by atoms with van der Waals surface area (Å²) in [5.41, 5.74) is 14.4. The van der Waals surface area contributed by atoms with Gasteiger partial charge >= 0.3 is 0 Å². The van der Waals surface area contributed by atoms with E-state index in [1.54, 1.807) is 0 Å². The van der Waals surface area contributed by atoms with E-state index in [4.69, 9.17) is 11.5 Å². The van der Waals surface area contributed by atoms with Crippen molar-refractivity contribution in [1.82, 2.24) is 0 Å². The third-order valence-corrected chi connectivity index (χ3v) is 6.16. The van der Waals surface area contributed by atoms with Crippen molar-refractivity contribution in [2.45, 2.75) is 50.1 Å². The monoisotopic (exact) mass is 399 g/mol. The van der Waals surface area contributed by atoms with Crippen LogP contribution in [0.15, 0.2) is 24.3 Å². The number of rotatable bonds is 2. The van der Waals surface area contributed by atoms with Gasteiger partial charge in [0.25, 0.3) is 0 Å². The normalized spacial score (nSPS) is 34.0. The number of benzene rings is 1. The topological polar surface area (TPSA) is 55.3 Å². The van der Waals surface area contributed by atoms with Crippen molar-refractivity contribution in [3.05, 3.63) is 27.8 Å². The van der Waals surface area contributed by atoms with Gasteiger partial charge in [0.2, 0.25) is 0 Å². The third kappa shape index (κ3) is 3.22. The molecule has 0 amide bonds. The van der Waals surface area contributed by atoms with Gasteiger partial charge in [-0.15, -0.1) is 0 Å². The second-order valence-corrected chi connectivity index (χ2v) is 7.97. The Labute approximate surface area is 141 Å². The fraction of sp³-hybridized carbons (Fsp3) is 0.647. The summed E-state index contributed by atoms with van der Waals surface area (Å²) in [5, 5.41) is 0. The van der Waals surface area contributed by atoms with Crippen molar-refractivity contribution < 1.29 is 0 Å². The Hall–Kier alpha value is -0.330. The highest BCUT2D eigenvalue weighted by atomic mass is 127. The first kappa shape index (κ1) is 15.6. The van der Waals surface area contributed by atoms with E-state index in [0.29, 0.717) is 5.92 Å². The van der Waals surface area contributed by atoms with Crippen molar-refractivity contribution in [2.24, 2.45) is 17.4 Å². The zero-order valence-electron chi connectivity index (χ0n) is 12.6. The molecule has 21 heavy (non-hydrogen) atoms. The van der Waals surface area contributed by atoms with Gasteiger partial charge in [-0.25, -0.2) is 0 Å². The summed E-state index contributed by atoms with van der Waals surface area (Å²) < 4.78 is 1.29. The largest absolute Gasteiger partial charge is 0.371 e. The number of anilines is 1. The Bertz CT molecular complexity index is 475. The maximum absolute atomic E-state index is 6.79. The maximum atomic E-state index is 6.79. The first-order valence-electron chi connectivity index (χ1n) is 8.14. The minimum absolute atomic E-state index is 0.153. The molecule has 2 aliphatic rings. The SMILES string of the molecule is NC1CCCC[C@]1(N)C1CCCN(c2ccc(I)cc2)C1. The highest BCUT2D eigenvalue weighted by Gasteiger charge is 2.43. The van der Waals surface area contributed by atoms with E-state index >= 15 is 0 Å². The van der Waals surface area contributed by atoms with Gasteiger partial charge in [-0.3, -0.25) is 0 Å².